The van der Waals surface area contributed by atoms with Gasteiger partial charge in [0.2, 0.25) is 0 Å². The molecule has 2 atom stereocenters. The fraction of sp³-hybridized carbons (Fsp3) is 0.929. The van der Waals surface area contributed by atoms with Crippen LogP contribution in [0.25, 0.3) is 0 Å². The van der Waals surface area contributed by atoms with E-state index >= 15 is 0 Å². The zero-order valence-electron chi connectivity index (χ0n) is 11.5. The largest absolute Gasteiger partial charge is 0.377 e. The second-order valence-corrected chi connectivity index (χ2v) is 5.50. The van der Waals surface area contributed by atoms with Crippen molar-refractivity contribution < 1.29 is 4.74 Å². The molecule has 0 aliphatic carbocycles. The van der Waals surface area contributed by atoms with E-state index in [2.05, 4.69) is 23.2 Å². The molecule has 0 spiro atoms. The first kappa shape index (κ1) is 13.8. The van der Waals surface area contributed by atoms with Gasteiger partial charge in [-0.2, -0.15) is 5.26 Å². The summed E-state index contributed by atoms with van der Waals surface area (Å²) >= 11 is 0. The fourth-order valence-electron chi connectivity index (χ4n) is 2.95. The number of nitrogens with zero attached hydrogens (tertiary/aromatic N) is 2. The Morgan fingerprint density at radius 1 is 1.39 bits per heavy atom. The smallest absolute Gasteiger partial charge is 0.108 e. The van der Waals surface area contributed by atoms with Gasteiger partial charge in [0.25, 0.3) is 0 Å². The Morgan fingerprint density at radius 2 is 2.28 bits per heavy atom. The van der Waals surface area contributed by atoms with Crippen molar-refractivity contribution in [3.8, 4) is 6.07 Å². The standard InChI is InChI=1S/C14H25N3O/c1-2-17-8-4-6-14(12-15,7-9-17)16-11-13-5-3-10-18-13/h13,16H,2-11H2,1H3. The van der Waals surface area contributed by atoms with Crippen LogP contribution in [-0.4, -0.2) is 49.3 Å². The summed E-state index contributed by atoms with van der Waals surface area (Å²) in [6, 6.07) is 2.53. The van der Waals surface area contributed by atoms with E-state index in [1.807, 2.05) is 0 Å². The van der Waals surface area contributed by atoms with E-state index in [-0.39, 0.29) is 5.54 Å². The Kier molecular flexibility index (Phi) is 4.99. The van der Waals surface area contributed by atoms with Crippen LogP contribution >= 0.6 is 0 Å². The summed E-state index contributed by atoms with van der Waals surface area (Å²) in [6.45, 7) is 7.16. The van der Waals surface area contributed by atoms with Crippen molar-refractivity contribution in [3.63, 3.8) is 0 Å². The van der Waals surface area contributed by atoms with Crippen LogP contribution in [-0.2, 0) is 4.74 Å². The summed E-state index contributed by atoms with van der Waals surface area (Å²) in [5.74, 6) is 0. The minimum atomic E-state index is -0.324. The van der Waals surface area contributed by atoms with E-state index in [1.54, 1.807) is 0 Å². The average Bonchev–Trinajstić information content (AvgIpc) is 2.83. The molecule has 2 heterocycles. The van der Waals surface area contributed by atoms with Gasteiger partial charge in [0.1, 0.15) is 5.54 Å². The van der Waals surface area contributed by atoms with Crippen molar-refractivity contribution >= 4 is 0 Å². The maximum Gasteiger partial charge on any atom is 0.108 e. The van der Waals surface area contributed by atoms with Gasteiger partial charge in [0.15, 0.2) is 0 Å². The Balaban J connectivity index is 1.86. The van der Waals surface area contributed by atoms with Crippen LogP contribution < -0.4 is 5.32 Å². The van der Waals surface area contributed by atoms with Gasteiger partial charge >= 0.3 is 0 Å². The van der Waals surface area contributed by atoms with E-state index in [0.717, 1.165) is 64.9 Å². The Hall–Kier alpha value is -0.630. The van der Waals surface area contributed by atoms with Crippen LogP contribution in [0.4, 0.5) is 0 Å². The maximum atomic E-state index is 9.53. The average molecular weight is 251 g/mol. The first-order valence-electron chi connectivity index (χ1n) is 7.28. The molecule has 1 N–H and O–H groups in total. The number of likely N-dealkylation sites (tertiary alicyclic amines) is 1. The van der Waals surface area contributed by atoms with Crippen molar-refractivity contribution in [2.75, 3.05) is 32.8 Å². The highest BCUT2D eigenvalue weighted by atomic mass is 16.5. The Labute approximate surface area is 110 Å². The quantitative estimate of drug-likeness (QED) is 0.823. The summed E-state index contributed by atoms with van der Waals surface area (Å²) in [5.41, 5.74) is -0.324. The zero-order valence-corrected chi connectivity index (χ0v) is 11.5. The predicted molar refractivity (Wildman–Crippen MR) is 71.3 cm³/mol. The highest BCUT2D eigenvalue weighted by Crippen LogP contribution is 2.22. The highest BCUT2D eigenvalue weighted by Gasteiger charge is 2.33. The van der Waals surface area contributed by atoms with Gasteiger partial charge in [0, 0.05) is 19.7 Å². The number of nitriles is 1. The van der Waals surface area contributed by atoms with E-state index in [9.17, 15) is 5.26 Å². The molecule has 0 aromatic rings. The van der Waals surface area contributed by atoms with Crippen LogP contribution in [0.1, 0.15) is 39.0 Å². The summed E-state index contributed by atoms with van der Waals surface area (Å²) in [4.78, 5) is 2.44. The van der Waals surface area contributed by atoms with Crippen LogP contribution in [0.2, 0.25) is 0 Å². The van der Waals surface area contributed by atoms with E-state index in [1.165, 1.54) is 0 Å². The molecule has 0 radical (unpaired) electrons. The molecule has 2 rings (SSSR count). The monoisotopic (exact) mass is 251 g/mol. The van der Waals surface area contributed by atoms with Crippen molar-refractivity contribution in [1.82, 2.24) is 10.2 Å². The molecule has 2 saturated heterocycles. The van der Waals surface area contributed by atoms with Crippen LogP contribution in [0.3, 0.4) is 0 Å². The van der Waals surface area contributed by atoms with Gasteiger partial charge in [-0.3, -0.25) is 5.32 Å². The molecule has 2 unspecified atom stereocenters. The van der Waals surface area contributed by atoms with Crippen molar-refractivity contribution in [3.05, 3.63) is 0 Å². The third kappa shape index (κ3) is 3.44. The molecule has 2 fully saturated rings. The molecule has 102 valence electrons. The fourth-order valence-corrected chi connectivity index (χ4v) is 2.95. The minimum Gasteiger partial charge on any atom is -0.377 e. The molecule has 0 amide bonds. The molecule has 4 nitrogen and oxygen atoms in total. The lowest BCUT2D eigenvalue weighted by atomic mass is 9.92. The third-order valence-electron chi connectivity index (χ3n) is 4.29. The van der Waals surface area contributed by atoms with Gasteiger partial charge in [-0.1, -0.05) is 6.92 Å². The molecular formula is C14H25N3O. The SMILES string of the molecule is CCN1CCCC(C#N)(NCC2CCCO2)CC1. The number of hydrogen-bond acceptors (Lipinski definition) is 4. The topological polar surface area (TPSA) is 48.3 Å². The summed E-state index contributed by atoms with van der Waals surface area (Å²) < 4.78 is 5.62. The molecule has 0 saturated carbocycles. The van der Waals surface area contributed by atoms with Crippen LogP contribution in [0.15, 0.2) is 0 Å². The Bertz CT molecular complexity index is 296. The summed E-state index contributed by atoms with van der Waals surface area (Å²) in [7, 11) is 0. The van der Waals surface area contributed by atoms with Crippen LogP contribution in [0.5, 0.6) is 0 Å². The first-order chi connectivity index (χ1) is 8.78. The second kappa shape index (κ2) is 6.51. The number of ether oxygens (including phenoxy) is 1. The number of rotatable bonds is 4. The first-order valence-corrected chi connectivity index (χ1v) is 7.28. The minimum absolute atomic E-state index is 0.320. The van der Waals surface area contributed by atoms with Gasteiger partial charge in [-0.05, 0) is 45.2 Å². The molecular weight excluding hydrogens is 226 g/mol. The highest BCUT2D eigenvalue weighted by molar-refractivity contribution is 5.08. The Morgan fingerprint density at radius 3 is 2.94 bits per heavy atom. The molecule has 2 aliphatic rings. The van der Waals surface area contributed by atoms with E-state index in [4.69, 9.17) is 4.74 Å². The summed E-state index contributed by atoms with van der Waals surface area (Å²) in [5, 5.41) is 13.0. The number of nitrogens with one attached hydrogen (secondary N) is 1. The van der Waals surface area contributed by atoms with Gasteiger partial charge < -0.3 is 9.64 Å². The predicted octanol–water partition coefficient (Wildman–Crippen LogP) is 1.52. The van der Waals surface area contributed by atoms with Crippen LogP contribution in [0, 0.1) is 11.3 Å². The second-order valence-electron chi connectivity index (χ2n) is 5.50. The normalized spacial score (nSPS) is 34.1. The lowest BCUT2D eigenvalue weighted by Crippen LogP contribution is -2.47. The molecule has 0 aromatic carbocycles. The maximum absolute atomic E-state index is 9.53. The molecule has 4 heteroatoms. The lowest BCUT2D eigenvalue weighted by molar-refractivity contribution is 0.103. The van der Waals surface area contributed by atoms with Crippen molar-refractivity contribution in [2.24, 2.45) is 0 Å². The molecule has 18 heavy (non-hydrogen) atoms. The summed E-state index contributed by atoms with van der Waals surface area (Å²) in [6.07, 6.45) is 5.63. The molecule has 0 aromatic heterocycles. The lowest BCUT2D eigenvalue weighted by Gasteiger charge is -2.28. The van der Waals surface area contributed by atoms with Gasteiger partial charge in [-0.25, -0.2) is 0 Å². The van der Waals surface area contributed by atoms with Gasteiger partial charge in [-0.15, -0.1) is 0 Å². The van der Waals surface area contributed by atoms with Crippen molar-refractivity contribution in [2.45, 2.75) is 50.7 Å². The van der Waals surface area contributed by atoms with E-state index < -0.39 is 0 Å². The number of hydrogen-bond donors (Lipinski definition) is 1. The third-order valence-corrected chi connectivity index (χ3v) is 4.29. The van der Waals surface area contributed by atoms with Gasteiger partial charge in [0.05, 0.1) is 12.2 Å². The van der Waals surface area contributed by atoms with Crippen molar-refractivity contribution in [1.29, 1.82) is 5.26 Å². The molecule has 2 aliphatic heterocycles. The molecule has 0 bridgehead atoms. The van der Waals surface area contributed by atoms with E-state index in [0.29, 0.717) is 6.10 Å². The zero-order chi connectivity index (χ0) is 12.8.